The minimum atomic E-state index is -1.43. The molecule has 0 aliphatic heterocycles. The summed E-state index contributed by atoms with van der Waals surface area (Å²) in [5.41, 5.74) is 8.54. The molecule has 426 valence electrons. The molecule has 8 aromatic rings. The zero-order valence-corrected chi connectivity index (χ0v) is 46.2. The highest BCUT2D eigenvalue weighted by Crippen LogP contribution is 2.45. The largest absolute Gasteiger partial charge is 0.393 e. The van der Waals surface area contributed by atoms with Gasteiger partial charge in [0.1, 0.15) is 11.6 Å². The third-order valence-corrected chi connectivity index (χ3v) is 14.1. The fraction of sp³-hybridized carbons (Fsp3) is 0.273. The van der Waals surface area contributed by atoms with Gasteiger partial charge in [-0.2, -0.15) is 0 Å². The van der Waals surface area contributed by atoms with Crippen LogP contribution in [0.1, 0.15) is 110 Å². The van der Waals surface area contributed by atoms with E-state index in [9.17, 15) is 48.4 Å². The summed E-state index contributed by atoms with van der Waals surface area (Å²) in [6.45, 7) is 8.11. The Labute approximate surface area is 475 Å². The third-order valence-electron chi connectivity index (χ3n) is 14.1. The lowest BCUT2D eigenvalue weighted by molar-refractivity contribution is -0.261. The molecule has 0 radical (unpaired) electrons. The Balaban J connectivity index is 0.896. The Morgan fingerprint density at radius 3 is 1.07 bits per heavy atom. The second-order valence-corrected chi connectivity index (χ2v) is 20.9. The number of hydrogen-bond donors (Lipinski definition) is 6. The molecule has 0 fully saturated rings. The lowest BCUT2D eigenvalue weighted by Crippen LogP contribution is -2.25. The van der Waals surface area contributed by atoms with Gasteiger partial charge in [0.2, 0.25) is 0 Å². The zero-order chi connectivity index (χ0) is 58.5. The van der Waals surface area contributed by atoms with Gasteiger partial charge in [0, 0.05) is 47.0 Å². The molecular formula is C66H68F2N4O10. The van der Waals surface area contributed by atoms with Gasteiger partial charge in [0.15, 0.2) is 0 Å². The number of nitrogens with zero attached hydrogens (tertiary/aromatic N) is 2. The van der Waals surface area contributed by atoms with Gasteiger partial charge in [0.05, 0.1) is 59.8 Å². The number of amides is 2. The van der Waals surface area contributed by atoms with Crippen LogP contribution < -0.4 is 10.6 Å². The maximum Gasteiger partial charge on any atom is 0.358 e. The number of hydrogen-bond acceptors (Lipinski definition) is 10. The molecule has 0 saturated carbocycles. The van der Waals surface area contributed by atoms with E-state index in [-0.39, 0.29) is 62.4 Å². The number of anilines is 2. The first-order valence-corrected chi connectivity index (χ1v) is 27.5. The first kappa shape index (κ1) is 59.6. The van der Waals surface area contributed by atoms with Crippen molar-refractivity contribution in [3.05, 3.63) is 204 Å². The summed E-state index contributed by atoms with van der Waals surface area (Å²) in [6, 6.07) is 48.7. The van der Waals surface area contributed by atoms with E-state index in [4.69, 9.17) is 9.78 Å². The normalized spacial score (nSPS) is 12.9. The molecule has 0 bridgehead atoms. The summed E-state index contributed by atoms with van der Waals surface area (Å²) in [4.78, 5) is 63.9. The Hall–Kier alpha value is -8.54. The summed E-state index contributed by atoms with van der Waals surface area (Å²) in [7, 11) is 0. The summed E-state index contributed by atoms with van der Waals surface area (Å²) >= 11 is 0. The van der Waals surface area contributed by atoms with Gasteiger partial charge in [-0.3, -0.25) is 9.59 Å². The molecule has 0 unspecified atom stereocenters. The van der Waals surface area contributed by atoms with Crippen LogP contribution in [0, 0.1) is 11.6 Å². The second-order valence-electron chi connectivity index (χ2n) is 20.9. The van der Waals surface area contributed by atoms with Crippen LogP contribution >= 0.6 is 0 Å². The standard InChI is InChI=1S/C66H68F2N4O10/c1-41(2)61-59(65(79)69-49-21-13-7-14-22-49)57(43-17-9-5-10-18-43)63(45-25-29-47(67)30-26-45)71(61)35-33-51(73)37-53(75)39-55(77)81-82-56(78)40-54(76)38-52(74)34-36-72-62(42(3)4)60(66(80)70-50-23-15-8-16-24-50)58(44-19-11-6-12-20-44)64(72)46-27-31-48(68)32-28-46/h5-32,41-42,51-54,73-76H,33-40H2,1-4H3,(H,69,79)(H,70,80)/t51-,52-,53-,54-/m1/s1. The van der Waals surface area contributed by atoms with Crippen LogP contribution in [0.25, 0.3) is 44.8 Å². The predicted octanol–water partition coefficient (Wildman–Crippen LogP) is 12.5. The molecule has 2 amide bonds. The molecule has 0 spiro atoms. The monoisotopic (exact) mass is 1110 g/mol. The number of aliphatic hydroxyl groups excluding tert-OH is 4. The molecule has 2 aromatic heterocycles. The molecule has 82 heavy (non-hydrogen) atoms. The highest BCUT2D eigenvalue weighted by atomic mass is 19.1. The number of aliphatic hydroxyl groups is 4. The average molecular weight is 1120 g/mol. The van der Waals surface area contributed by atoms with E-state index in [0.29, 0.717) is 67.5 Å². The van der Waals surface area contributed by atoms with Crippen LogP contribution in [0.2, 0.25) is 0 Å². The summed E-state index contributed by atoms with van der Waals surface area (Å²) in [5.74, 6) is -4.28. The smallest absolute Gasteiger partial charge is 0.358 e. The van der Waals surface area contributed by atoms with Gasteiger partial charge >= 0.3 is 11.9 Å². The average Bonchev–Trinajstić information content (AvgIpc) is 4.21. The zero-order valence-electron chi connectivity index (χ0n) is 46.2. The minimum Gasteiger partial charge on any atom is -0.393 e. The van der Waals surface area contributed by atoms with E-state index in [0.717, 1.165) is 11.1 Å². The topological polar surface area (TPSA) is 202 Å². The number of aromatic nitrogens is 2. The SMILES string of the molecule is CC(C)c1c(C(=O)Nc2ccccc2)c(-c2ccccc2)c(-c2ccc(F)cc2)n1CC[C@@H](O)C[C@@H](O)CC(=O)OOC(=O)C[C@H](O)C[C@H](O)CCn1c(-c2ccc(F)cc2)c(-c2ccccc2)c(C(=O)Nc2ccccc2)c1C(C)C. The number of halogens is 2. The van der Waals surface area contributed by atoms with Crippen molar-refractivity contribution < 1.29 is 58.2 Å². The van der Waals surface area contributed by atoms with Crippen LogP contribution in [0.5, 0.6) is 0 Å². The van der Waals surface area contributed by atoms with Crippen molar-refractivity contribution in [3.63, 3.8) is 0 Å². The van der Waals surface area contributed by atoms with Crippen molar-refractivity contribution in [1.29, 1.82) is 0 Å². The third kappa shape index (κ3) is 14.9. The highest BCUT2D eigenvalue weighted by Gasteiger charge is 2.33. The maximum atomic E-state index is 14.4. The van der Waals surface area contributed by atoms with E-state index in [1.54, 1.807) is 48.5 Å². The quantitative estimate of drug-likeness (QED) is 0.0250. The van der Waals surface area contributed by atoms with Crippen molar-refractivity contribution in [3.8, 4) is 44.8 Å². The summed E-state index contributed by atoms with van der Waals surface area (Å²) in [6.07, 6.45) is -6.97. The van der Waals surface area contributed by atoms with Crippen molar-refractivity contribution in [2.75, 3.05) is 10.6 Å². The fourth-order valence-corrected chi connectivity index (χ4v) is 10.5. The van der Waals surface area contributed by atoms with Crippen LogP contribution in [0.3, 0.4) is 0 Å². The second kappa shape index (κ2) is 27.8. The molecular weight excluding hydrogens is 1050 g/mol. The molecule has 4 atom stereocenters. The van der Waals surface area contributed by atoms with E-state index < -0.39 is 60.8 Å². The Bertz CT molecular complexity index is 3200. The predicted molar refractivity (Wildman–Crippen MR) is 311 cm³/mol. The lowest BCUT2D eigenvalue weighted by Gasteiger charge is -2.20. The first-order chi connectivity index (χ1) is 39.5. The lowest BCUT2D eigenvalue weighted by atomic mass is 9.94. The van der Waals surface area contributed by atoms with Crippen LogP contribution in [-0.2, 0) is 32.5 Å². The van der Waals surface area contributed by atoms with E-state index in [1.807, 2.05) is 134 Å². The Morgan fingerprint density at radius 1 is 0.439 bits per heavy atom. The number of carbonyl (C=O) groups is 4. The maximum absolute atomic E-state index is 14.4. The van der Waals surface area contributed by atoms with Gasteiger partial charge < -0.3 is 40.2 Å². The molecule has 6 aromatic carbocycles. The molecule has 2 heterocycles. The molecule has 8 rings (SSSR count). The van der Waals surface area contributed by atoms with E-state index in [1.165, 1.54) is 24.3 Å². The van der Waals surface area contributed by atoms with Crippen LogP contribution in [-0.4, -0.2) is 77.7 Å². The Morgan fingerprint density at radius 2 is 0.756 bits per heavy atom. The number of nitrogens with one attached hydrogen (secondary N) is 2. The van der Waals surface area contributed by atoms with Crippen LogP contribution in [0.4, 0.5) is 20.2 Å². The fourth-order valence-electron chi connectivity index (χ4n) is 10.5. The molecule has 0 saturated heterocycles. The number of carbonyl (C=O) groups excluding carboxylic acids is 4. The van der Waals surface area contributed by atoms with Crippen molar-refractivity contribution >= 4 is 35.1 Å². The number of rotatable bonds is 24. The van der Waals surface area contributed by atoms with Gasteiger partial charge in [0.25, 0.3) is 11.8 Å². The van der Waals surface area contributed by atoms with Gasteiger partial charge in [-0.1, -0.05) is 125 Å². The summed E-state index contributed by atoms with van der Waals surface area (Å²) < 4.78 is 32.7. The molecule has 0 aliphatic rings. The van der Waals surface area contributed by atoms with Crippen molar-refractivity contribution in [2.45, 2.75) is 116 Å². The van der Waals surface area contributed by atoms with Gasteiger partial charge in [-0.25, -0.2) is 28.1 Å². The van der Waals surface area contributed by atoms with Crippen molar-refractivity contribution in [2.24, 2.45) is 0 Å². The number of para-hydroxylation sites is 2. The molecule has 0 aliphatic carbocycles. The minimum absolute atomic E-state index is 0.0583. The van der Waals surface area contributed by atoms with Gasteiger partial charge in [-0.15, -0.1) is 0 Å². The van der Waals surface area contributed by atoms with Gasteiger partial charge in [-0.05, 0) is 133 Å². The van der Waals surface area contributed by atoms with E-state index in [2.05, 4.69) is 10.6 Å². The number of benzene rings is 6. The van der Waals surface area contributed by atoms with E-state index >= 15 is 0 Å². The first-order valence-electron chi connectivity index (χ1n) is 27.5. The highest BCUT2D eigenvalue weighted by molar-refractivity contribution is 6.13. The molecule has 16 heteroatoms. The summed E-state index contributed by atoms with van der Waals surface area (Å²) in [5, 5.41) is 50.6. The molecule has 14 nitrogen and oxygen atoms in total. The molecule has 6 N–H and O–H groups in total. The van der Waals surface area contributed by atoms with Crippen LogP contribution in [0.15, 0.2) is 170 Å². The Kier molecular flexibility index (Phi) is 20.2. The van der Waals surface area contributed by atoms with Crippen molar-refractivity contribution in [1.82, 2.24) is 9.13 Å².